The molecule has 7 nitrogen and oxygen atoms in total. The lowest BCUT2D eigenvalue weighted by atomic mass is 10.1. The number of anilines is 1. The summed E-state index contributed by atoms with van der Waals surface area (Å²) >= 11 is 0. The fourth-order valence-electron chi connectivity index (χ4n) is 3.80. The lowest BCUT2D eigenvalue weighted by Crippen LogP contribution is -2.47. The molecule has 2 fully saturated rings. The lowest BCUT2D eigenvalue weighted by Gasteiger charge is -2.28. The molecule has 34 heavy (non-hydrogen) atoms. The SMILES string of the molecule is CCNC(=NCc1ccc(N2CCNC(=O)C2)cc1)NCc1ccc(C)cc1OCC1CC1.I. The number of aryl methyl sites for hydroxylation is 1. The Balaban J connectivity index is 0.00000324. The molecule has 4 rings (SSSR count). The maximum atomic E-state index is 11.6. The van der Waals surface area contributed by atoms with E-state index in [-0.39, 0.29) is 29.9 Å². The number of benzene rings is 2. The molecular formula is C26H36IN5O2. The first-order valence-electron chi connectivity index (χ1n) is 12.0. The molecule has 0 spiro atoms. The summed E-state index contributed by atoms with van der Waals surface area (Å²) in [4.78, 5) is 18.5. The van der Waals surface area contributed by atoms with Gasteiger partial charge in [-0.3, -0.25) is 4.79 Å². The summed E-state index contributed by atoms with van der Waals surface area (Å²) in [6, 6.07) is 14.7. The second kappa shape index (κ2) is 12.8. The number of rotatable bonds is 9. The van der Waals surface area contributed by atoms with Crippen LogP contribution in [0.1, 0.15) is 36.5 Å². The third-order valence-electron chi connectivity index (χ3n) is 5.94. The second-order valence-corrected chi connectivity index (χ2v) is 8.85. The van der Waals surface area contributed by atoms with Crippen molar-refractivity contribution >= 4 is 41.5 Å². The Morgan fingerprint density at radius 3 is 2.68 bits per heavy atom. The molecule has 0 bridgehead atoms. The van der Waals surface area contributed by atoms with E-state index in [9.17, 15) is 4.79 Å². The minimum absolute atomic E-state index is 0. The highest BCUT2D eigenvalue weighted by Gasteiger charge is 2.22. The number of hydrogen-bond acceptors (Lipinski definition) is 4. The lowest BCUT2D eigenvalue weighted by molar-refractivity contribution is -0.120. The average molecular weight is 578 g/mol. The summed E-state index contributed by atoms with van der Waals surface area (Å²) in [6.45, 7) is 8.94. The number of halogens is 1. The van der Waals surface area contributed by atoms with Crippen LogP contribution in [0.25, 0.3) is 0 Å². The first-order valence-corrected chi connectivity index (χ1v) is 12.0. The number of aliphatic imine (C=N–C) groups is 1. The molecule has 8 heteroatoms. The number of nitrogens with one attached hydrogen (secondary N) is 3. The minimum atomic E-state index is 0. The van der Waals surface area contributed by atoms with Gasteiger partial charge in [-0.05, 0) is 61.9 Å². The first-order chi connectivity index (χ1) is 16.1. The number of piperazine rings is 1. The molecule has 2 aliphatic rings. The maximum Gasteiger partial charge on any atom is 0.239 e. The van der Waals surface area contributed by atoms with Gasteiger partial charge in [0.2, 0.25) is 5.91 Å². The van der Waals surface area contributed by atoms with Crippen molar-refractivity contribution in [2.75, 3.05) is 37.7 Å². The fourth-order valence-corrected chi connectivity index (χ4v) is 3.80. The number of carbonyl (C=O) groups is 1. The van der Waals surface area contributed by atoms with Gasteiger partial charge in [-0.25, -0.2) is 4.99 Å². The van der Waals surface area contributed by atoms with Crippen LogP contribution in [0, 0.1) is 12.8 Å². The van der Waals surface area contributed by atoms with Gasteiger partial charge in [0, 0.05) is 37.4 Å². The van der Waals surface area contributed by atoms with Crippen molar-refractivity contribution in [1.82, 2.24) is 16.0 Å². The normalized spacial score (nSPS) is 15.9. The maximum absolute atomic E-state index is 11.6. The van der Waals surface area contributed by atoms with Gasteiger partial charge in [-0.15, -0.1) is 24.0 Å². The van der Waals surface area contributed by atoms with Crippen LogP contribution in [0.3, 0.4) is 0 Å². The van der Waals surface area contributed by atoms with Crippen molar-refractivity contribution in [3.8, 4) is 5.75 Å². The van der Waals surface area contributed by atoms with Crippen LogP contribution in [0.4, 0.5) is 5.69 Å². The van der Waals surface area contributed by atoms with Gasteiger partial charge < -0.3 is 25.6 Å². The Morgan fingerprint density at radius 2 is 1.97 bits per heavy atom. The predicted octanol–water partition coefficient (Wildman–Crippen LogP) is 3.59. The zero-order chi connectivity index (χ0) is 23.0. The van der Waals surface area contributed by atoms with Crippen LogP contribution in [0.15, 0.2) is 47.5 Å². The Labute approximate surface area is 219 Å². The van der Waals surface area contributed by atoms with Crippen LogP contribution in [0.2, 0.25) is 0 Å². The van der Waals surface area contributed by atoms with Gasteiger partial charge >= 0.3 is 0 Å². The van der Waals surface area contributed by atoms with Crippen LogP contribution < -0.4 is 25.6 Å². The van der Waals surface area contributed by atoms with E-state index in [1.807, 2.05) is 0 Å². The zero-order valence-electron chi connectivity index (χ0n) is 20.1. The second-order valence-electron chi connectivity index (χ2n) is 8.85. The van der Waals surface area contributed by atoms with Gasteiger partial charge in [-0.1, -0.05) is 24.3 Å². The van der Waals surface area contributed by atoms with Crippen LogP contribution >= 0.6 is 24.0 Å². The number of guanidine groups is 1. The number of carbonyl (C=O) groups excluding carboxylic acids is 1. The predicted molar refractivity (Wildman–Crippen MR) is 148 cm³/mol. The minimum Gasteiger partial charge on any atom is -0.493 e. The van der Waals surface area contributed by atoms with E-state index >= 15 is 0 Å². The molecule has 0 unspecified atom stereocenters. The molecule has 1 heterocycles. The third-order valence-corrected chi connectivity index (χ3v) is 5.94. The van der Waals surface area contributed by atoms with Crippen molar-refractivity contribution in [2.24, 2.45) is 10.9 Å². The fraction of sp³-hybridized carbons (Fsp3) is 0.462. The Hall–Kier alpha value is -2.49. The number of ether oxygens (including phenoxy) is 1. The van der Waals surface area contributed by atoms with Crippen molar-refractivity contribution < 1.29 is 9.53 Å². The third kappa shape index (κ3) is 7.78. The molecule has 0 atom stereocenters. The Kier molecular flexibility index (Phi) is 9.86. The summed E-state index contributed by atoms with van der Waals surface area (Å²) < 4.78 is 6.10. The molecule has 2 aromatic rings. The van der Waals surface area contributed by atoms with E-state index < -0.39 is 0 Å². The molecule has 1 amide bonds. The highest BCUT2D eigenvalue weighted by atomic mass is 127. The monoisotopic (exact) mass is 577 g/mol. The van der Waals surface area contributed by atoms with Gasteiger partial charge in [-0.2, -0.15) is 0 Å². The molecule has 2 aromatic carbocycles. The van der Waals surface area contributed by atoms with Crippen LogP contribution in [0.5, 0.6) is 5.75 Å². The topological polar surface area (TPSA) is 78.0 Å². The largest absolute Gasteiger partial charge is 0.493 e. The molecule has 184 valence electrons. The zero-order valence-corrected chi connectivity index (χ0v) is 22.4. The number of nitrogens with zero attached hydrogens (tertiary/aromatic N) is 2. The molecule has 0 aromatic heterocycles. The molecule has 1 aliphatic carbocycles. The highest BCUT2D eigenvalue weighted by Crippen LogP contribution is 2.30. The summed E-state index contributed by atoms with van der Waals surface area (Å²) in [5.41, 5.74) is 4.54. The summed E-state index contributed by atoms with van der Waals surface area (Å²) in [5, 5.41) is 9.63. The summed E-state index contributed by atoms with van der Waals surface area (Å²) in [5.74, 6) is 2.55. The van der Waals surface area contributed by atoms with Gasteiger partial charge in [0.05, 0.1) is 19.7 Å². The first kappa shape index (κ1) is 26.1. The van der Waals surface area contributed by atoms with Gasteiger partial charge in [0.15, 0.2) is 5.96 Å². The standard InChI is InChI=1S/C26H35N5O2.HI/c1-3-27-26(30-16-22-9-4-19(2)14-24(22)33-18-21-5-6-21)29-15-20-7-10-23(11-8-20)31-13-12-28-25(32)17-31;/h4,7-11,14,21H,3,5-6,12-13,15-18H2,1-2H3,(H,28,32)(H2,27,29,30);1H. The smallest absolute Gasteiger partial charge is 0.239 e. The molecule has 0 radical (unpaired) electrons. The quantitative estimate of drug-likeness (QED) is 0.241. The van der Waals surface area contributed by atoms with Crippen molar-refractivity contribution in [3.63, 3.8) is 0 Å². The van der Waals surface area contributed by atoms with E-state index in [1.165, 1.54) is 18.4 Å². The van der Waals surface area contributed by atoms with E-state index in [2.05, 4.69) is 77.2 Å². The molecule has 3 N–H and O–H groups in total. The number of hydrogen-bond donors (Lipinski definition) is 3. The number of amides is 1. The van der Waals surface area contributed by atoms with Crippen molar-refractivity contribution in [1.29, 1.82) is 0 Å². The molecule has 1 saturated heterocycles. The van der Waals surface area contributed by atoms with Crippen molar-refractivity contribution in [3.05, 3.63) is 59.2 Å². The van der Waals surface area contributed by atoms with E-state index in [0.717, 1.165) is 54.1 Å². The van der Waals surface area contributed by atoms with Crippen molar-refractivity contribution in [2.45, 2.75) is 39.8 Å². The van der Waals surface area contributed by atoms with Crippen LogP contribution in [-0.4, -0.2) is 44.7 Å². The van der Waals surface area contributed by atoms with E-state index in [1.54, 1.807) is 0 Å². The van der Waals surface area contributed by atoms with E-state index in [0.29, 0.717) is 26.2 Å². The highest BCUT2D eigenvalue weighted by molar-refractivity contribution is 14.0. The van der Waals surface area contributed by atoms with E-state index in [4.69, 9.17) is 9.73 Å². The van der Waals surface area contributed by atoms with Gasteiger partial charge in [0.1, 0.15) is 5.75 Å². The summed E-state index contributed by atoms with van der Waals surface area (Å²) in [7, 11) is 0. The molecule has 1 aliphatic heterocycles. The van der Waals surface area contributed by atoms with Crippen LogP contribution in [-0.2, 0) is 17.9 Å². The van der Waals surface area contributed by atoms with Gasteiger partial charge in [0.25, 0.3) is 0 Å². The molecule has 1 saturated carbocycles. The Bertz CT molecular complexity index is 976. The summed E-state index contributed by atoms with van der Waals surface area (Å²) in [6.07, 6.45) is 2.57. The molecular weight excluding hydrogens is 541 g/mol. The Morgan fingerprint density at radius 1 is 1.18 bits per heavy atom. The average Bonchev–Trinajstić information content (AvgIpc) is 3.65.